The van der Waals surface area contributed by atoms with Crippen LogP contribution in [0.15, 0.2) is 42.5 Å². The summed E-state index contributed by atoms with van der Waals surface area (Å²) in [4.78, 5) is 29.3. The first-order valence-corrected chi connectivity index (χ1v) is 9.58. The van der Waals surface area contributed by atoms with Gasteiger partial charge in [-0.15, -0.1) is 0 Å². The maximum absolute atomic E-state index is 12.8. The molecular formula is C22H27N3O3. The molecule has 6 heteroatoms. The van der Waals surface area contributed by atoms with E-state index in [2.05, 4.69) is 29.1 Å². The second-order valence-electron chi connectivity index (χ2n) is 7.02. The Morgan fingerprint density at radius 1 is 1.00 bits per heavy atom. The minimum absolute atomic E-state index is 0.194. The number of carbonyl (C=O) groups excluding carboxylic acids is 2. The first kappa shape index (κ1) is 19.9. The predicted octanol–water partition coefficient (Wildman–Crippen LogP) is 3.04. The van der Waals surface area contributed by atoms with E-state index in [1.807, 2.05) is 30.3 Å². The molecule has 1 heterocycles. The fraction of sp³-hybridized carbons (Fsp3) is 0.364. The molecule has 0 unspecified atom stereocenters. The quantitative estimate of drug-likeness (QED) is 0.807. The summed E-state index contributed by atoms with van der Waals surface area (Å²) in [6.45, 7) is 5.70. The number of nitrogens with one attached hydrogen (secondary N) is 1. The number of piperazine rings is 1. The molecule has 1 aliphatic rings. The smallest absolute Gasteiger partial charge is 0.337 e. The predicted molar refractivity (Wildman–Crippen MR) is 111 cm³/mol. The van der Waals surface area contributed by atoms with Gasteiger partial charge in [-0.3, -0.25) is 4.79 Å². The lowest BCUT2D eigenvalue weighted by atomic mass is 10.1. The molecule has 148 valence electrons. The van der Waals surface area contributed by atoms with Gasteiger partial charge in [0.2, 0.25) is 0 Å². The van der Waals surface area contributed by atoms with Crippen LogP contribution in [-0.2, 0) is 11.2 Å². The summed E-state index contributed by atoms with van der Waals surface area (Å²) in [5.74, 6) is -0.618. The molecular weight excluding hydrogens is 354 g/mol. The van der Waals surface area contributed by atoms with Crippen LogP contribution in [0.25, 0.3) is 0 Å². The molecule has 6 nitrogen and oxygen atoms in total. The molecule has 28 heavy (non-hydrogen) atoms. The van der Waals surface area contributed by atoms with Crippen molar-refractivity contribution in [3.05, 3.63) is 59.2 Å². The van der Waals surface area contributed by atoms with E-state index in [9.17, 15) is 9.59 Å². The molecule has 1 fully saturated rings. The Morgan fingerprint density at radius 3 is 2.25 bits per heavy atom. The highest BCUT2D eigenvalue weighted by Crippen LogP contribution is 2.29. The van der Waals surface area contributed by atoms with E-state index in [1.54, 1.807) is 12.1 Å². The molecule has 0 spiro atoms. The number of ether oxygens (including phenoxy) is 1. The molecule has 0 radical (unpaired) electrons. The highest BCUT2D eigenvalue weighted by molar-refractivity contribution is 6.06. The maximum Gasteiger partial charge on any atom is 0.337 e. The van der Waals surface area contributed by atoms with E-state index < -0.39 is 5.97 Å². The van der Waals surface area contributed by atoms with E-state index in [0.29, 0.717) is 16.8 Å². The maximum atomic E-state index is 12.8. The average Bonchev–Trinajstić information content (AvgIpc) is 2.74. The molecule has 0 atom stereocenters. The highest BCUT2D eigenvalue weighted by Gasteiger charge is 2.20. The Kier molecular flexibility index (Phi) is 6.31. The fourth-order valence-electron chi connectivity index (χ4n) is 3.29. The molecule has 1 saturated heterocycles. The number of likely N-dealkylation sites (N-methyl/N-ethyl adjacent to an activating group) is 1. The number of anilines is 2. The van der Waals surface area contributed by atoms with E-state index in [-0.39, 0.29) is 5.91 Å². The number of carbonyl (C=O) groups is 2. The van der Waals surface area contributed by atoms with Crippen molar-refractivity contribution in [2.75, 3.05) is 50.6 Å². The summed E-state index contributed by atoms with van der Waals surface area (Å²) in [5, 5.41) is 2.99. The minimum atomic E-state index is -0.423. The van der Waals surface area contributed by atoms with E-state index in [0.717, 1.165) is 38.3 Å². The molecule has 2 aromatic rings. The van der Waals surface area contributed by atoms with Gasteiger partial charge in [0.1, 0.15) is 0 Å². The Hall–Kier alpha value is -2.86. The van der Waals surface area contributed by atoms with E-state index >= 15 is 0 Å². The van der Waals surface area contributed by atoms with Crippen molar-refractivity contribution in [2.45, 2.75) is 13.3 Å². The van der Waals surface area contributed by atoms with Gasteiger partial charge in [0, 0.05) is 31.7 Å². The standard InChI is InChI=1S/C22H27N3O3/c1-4-16-5-7-17(8-6-16)21(26)23-19-15-18(22(27)28-3)9-10-20(19)25-13-11-24(2)12-14-25/h5-10,15H,4,11-14H2,1-3H3,(H,23,26). The fourth-order valence-corrected chi connectivity index (χ4v) is 3.29. The number of esters is 1. The second kappa shape index (κ2) is 8.89. The minimum Gasteiger partial charge on any atom is -0.465 e. The van der Waals surface area contributed by atoms with Gasteiger partial charge in [0.25, 0.3) is 5.91 Å². The number of hydrogen-bond donors (Lipinski definition) is 1. The first-order chi connectivity index (χ1) is 13.5. The van der Waals surface area contributed by atoms with Gasteiger partial charge in [0.05, 0.1) is 24.0 Å². The molecule has 1 N–H and O–H groups in total. The summed E-state index contributed by atoms with van der Waals surface area (Å²) in [5.41, 5.74) is 3.72. The Morgan fingerprint density at radius 2 is 1.64 bits per heavy atom. The zero-order valence-corrected chi connectivity index (χ0v) is 16.7. The number of aryl methyl sites for hydroxylation is 1. The van der Waals surface area contributed by atoms with Gasteiger partial charge >= 0.3 is 5.97 Å². The van der Waals surface area contributed by atoms with Crippen molar-refractivity contribution >= 4 is 23.3 Å². The zero-order chi connectivity index (χ0) is 20.1. The van der Waals surface area contributed by atoms with Crippen LogP contribution in [0.1, 0.15) is 33.2 Å². The van der Waals surface area contributed by atoms with Crippen LogP contribution in [0.5, 0.6) is 0 Å². The third kappa shape index (κ3) is 4.51. The highest BCUT2D eigenvalue weighted by atomic mass is 16.5. The van der Waals surface area contributed by atoms with Crippen molar-refractivity contribution < 1.29 is 14.3 Å². The van der Waals surface area contributed by atoms with Gasteiger partial charge < -0.3 is 19.9 Å². The van der Waals surface area contributed by atoms with Crippen LogP contribution in [0.2, 0.25) is 0 Å². The summed E-state index contributed by atoms with van der Waals surface area (Å²) in [6.07, 6.45) is 0.927. The molecule has 0 aromatic heterocycles. The third-order valence-corrected chi connectivity index (χ3v) is 5.13. The van der Waals surface area contributed by atoms with Gasteiger partial charge in [-0.25, -0.2) is 4.79 Å². The lowest BCUT2D eigenvalue weighted by molar-refractivity contribution is 0.0600. The van der Waals surface area contributed by atoms with Gasteiger partial charge in [-0.1, -0.05) is 19.1 Å². The molecule has 2 aromatic carbocycles. The molecule has 1 aliphatic heterocycles. The van der Waals surface area contributed by atoms with Crippen LogP contribution in [0.3, 0.4) is 0 Å². The van der Waals surface area contributed by atoms with Gasteiger partial charge in [0.15, 0.2) is 0 Å². The zero-order valence-electron chi connectivity index (χ0n) is 16.7. The van der Waals surface area contributed by atoms with Crippen molar-refractivity contribution in [1.29, 1.82) is 0 Å². The second-order valence-corrected chi connectivity index (χ2v) is 7.02. The number of nitrogens with zero attached hydrogens (tertiary/aromatic N) is 2. The Labute approximate surface area is 166 Å². The molecule has 3 rings (SSSR count). The average molecular weight is 381 g/mol. The van der Waals surface area contributed by atoms with Crippen LogP contribution in [0, 0.1) is 0 Å². The molecule has 1 amide bonds. The number of amides is 1. The van der Waals surface area contributed by atoms with Crippen LogP contribution in [-0.4, -0.2) is 57.1 Å². The third-order valence-electron chi connectivity index (χ3n) is 5.13. The summed E-state index contributed by atoms with van der Waals surface area (Å²) in [7, 11) is 3.45. The SMILES string of the molecule is CCc1ccc(C(=O)Nc2cc(C(=O)OC)ccc2N2CCN(C)CC2)cc1. The summed E-state index contributed by atoms with van der Waals surface area (Å²) >= 11 is 0. The number of rotatable bonds is 5. The van der Waals surface area contributed by atoms with Crippen LogP contribution < -0.4 is 10.2 Å². The summed E-state index contributed by atoms with van der Waals surface area (Å²) in [6, 6.07) is 12.9. The largest absolute Gasteiger partial charge is 0.465 e. The first-order valence-electron chi connectivity index (χ1n) is 9.58. The molecule has 0 bridgehead atoms. The lowest BCUT2D eigenvalue weighted by Crippen LogP contribution is -2.44. The van der Waals surface area contributed by atoms with E-state index in [1.165, 1.54) is 12.7 Å². The summed E-state index contributed by atoms with van der Waals surface area (Å²) < 4.78 is 4.83. The molecule has 0 aliphatic carbocycles. The topological polar surface area (TPSA) is 61.9 Å². The van der Waals surface area contributed by atoms with Crippen molar-refractivity contribution in [3.63, 3.8) is 0 Å². The van der Waals surface area contributed by atoms with Crippen LogP contribution in [0.4, 0.5) is 11.4 Å². The van der Waals surface area contributed by atoms with Gasteiger partial charge in [-0.2, -0.15) is 0 Å². The number of hydrogen-bond acceptors (Lipinski definition) is 5. The van der Waals surface area contributed by atoms with Crippen LogP contribution >= 0.6 is 0 Å². The lowest BCUT2D eigenvalue weighted by Gasteiger charge is -2.35. The van der Waals surface area contributed by atoms with Gasteiger partial charge in [-0.05, 0) is 49.4 Å². The van der Waals surface area contributed by atoms with Crippen molar-refractivity contribution in [1.82, 2.24) is 4.90 Å². The van der Waals surface area contributed by atoms with Crippen molar-refractivity contribution in [2.24, 2.45) is 0 Å². The van der Waals surface area contributed by atoms with E-state index in [4.69, 9.17) is 4.74 Å². The number of benzene rings is 2. The Bertz CT molecular complexity index is 841. The molecule has 0 saturated carbocycles. The number of methoxy groups -OCH3 is 1. The monoisotopic (exact) mass is 381 g/mol. The Balaban J connectivity index is 1.88. The van der Waals surface area contributed by atoms with Crippen molar-refractivity contribution in [3.8, 4) is 0 Å². The normalized spacial score (nSPS) is 14.6.